The van der Waals surface area contributed by atoms with Crippen LogP contribution >= 0.6 is 0 Å². The molecule has 3 aromatic rings. The molecule has 0 spiro atoms. The van der Waals surface area contributed by atoms with Crippen molar-refractivity contribution in [1.82, 2.24) is 9.80 Å². The van der Waals surface area contributed by atoms with Crippen LogP contribution in [-0.2, 0) is 20.8 Å². The van der Waals surface area contributed by atoms with E-state index in [1.807, 2.05) is 24.3 Å². The van der Waals surface area contributed by atoms with Gasteiger partial charge in [0.15, 0.2) is 0 Å². The molecule has 1 saturated heterocycles. The van der Waals surface area contributed by atoms with Gasteiger partial charge in [0.1, 0.15) is 5.82 Å². The molecule has 0 atom stereocenters. The number of likely N-dealkylation sites (N-methyl/N-ethyl adjacent to an activating group) is 2. The van der Waals surface area contributed by atoms with Gasteiger partial charge in [-0.2, -0.15) is 0 Å². The van der Waals surface area contributed by atoms with Crippen molar-refractivity contribution in [3.05, 3.63) is 89.2 Å². The number of carbonyl (C=O) groups excluding carboxylic acids is 2. The van der Waals surface area contributed by atoms with Crippen LogP contribution in [0.15, 0.2) is 66.7 Å². The summed E-state index contributed by atoms with van der Waals surface area (Å²) >= 11 is 0. The maximum atomic E-state index is 13.9. The molecule has 3 N–H and O–H groups in total. The largest absolute Gasteiger partial charge is 0.481 e. The van der Waals surface area contributed by atoms with Gasteiger partial charge in [-0.25, -0.2) is 4.39 Å². The molecule has 5 rings (SSSR count). The first-order valence-corrected chi connectivity index (χ1v) is 13.4. The van der Waals surface area contributed by atoms with Crippen molar-refractivity contribution in [1.29, 1.82) is 0 Å². The monoisotopic (exact) mass is 557 g/mol. The number of nitrogens with one attached hydrogen (secondary N) is 2. The minimum absolute atomic E-state index is 0.00554. The molecule has 0 bridgehead atoms. The van der Waals surface area contributed by atoms with Crippen LogP contribution in [-0.4, -0.2) is 79.5 Å². The zero-order valence-corrected chi connectivity index (χ0v) is 23.0. The molecule has 2 heterocycles. The predicted molar refractivity (Wildman–Crippen MR) is 157 cm³/mol. The fourth-order valence-corrected chi connectivity index (χ4v) is 5.00. The van der Waals surface area contributed by atoms with Gasteiger partial charge in [-0.15, -0.1) is 0 Å². The highest BCUT2D eigenvalue weighted by atomic mass is 19.1. The molecule has 212 valence electrons. The third-order valence-corrected chi connectivity index (χ3v) is 7.43. The molecule has 3 aromatic carbocycles. The van der Waals surface area contributed by atoms with Crippen molar-refractivity contribution in [2.45, 2.75) is 6.42 Å². The SMILES string of the molecule is CN1CCN(CC(=O)N(C)c2ccc(NC(=C3C(=O)Nc4cc(F)ccc43)c3ccc(CC(=O)O)cc3)cc2)CC1. The highest BCUT2D eigenvalue weighted by Gasteiger charge is 2.29. The van der Waals surface area contributed by atoms with E-state index in [1.54, 1.807) is 42.3 Å². The minimum Gasteiger partial charge on any atom is -0.481 e. The van der Waals surface area contributed by atoms with E-state index in [9.17, 15) is 18.8 Å². The summed E-state index contributed by atoms with van der Waals surface area (Å²) in [6, 6.07) is 18.4. The molecule has 9 nitrogen and oxygen atoms in total. The number of benzene rings is 3. The number of hydrogen-bond acceptors (Lipinski definition) is 6. The summed E-state index contributed by atoms with van der Waals surface area (Å²) in [5.41, 5.74) is 4.46. The van der Waals surface area contributed by atoms with Crippen LogP contribution in [0.2, 0.25) is 0 Å². The Balaban J connectivity index is 1.41. The van der Waals surface area contributed by atoms with Crippen molar-refractivity contribution in [2.75, 3.05) is 62.4 Å². The summed E-state index contributed by atoms with van der Waals surface area (Å²) in [6.07, 6.45) is -0.120. The van der Waals surface area contributed by atoms with Crippen LogP contribution in [0, 0.1) is 5.82 Å². The van der Waals surface area contributed by atoms with E-state index >= 15 is 0 Å². The number of nitrogens with zero attached hydrogens (tertiary/aromatic N) is 3. The molecule has 2 aliphatic heterocycles. The fraction of sp³-hybridized carbons (Fsp3) is 0.258. The first-order valence-electron chi connectivity index (χ1n) is 13.4. The number of aliphatic carboxylic acids is 1. The molecule has 41 heavy (non-hydrogen) atoms. The van der Waals surface area contributed by atoms with Gasteiger partial charge in [0.05, 0.1) is 29.9 Å². The smallest absolute Gasteiger partial charge is 0.307 e. The molecule has 1 fully saturated rings. The molecule has 0 aliphatic carbocycles. The lowest BCUT2D eigenvalue weighted by Gasteiger charge is -2.32. The normalized spacial score (nSPS) is 16.6. The average molecular weight is 558 g/mol. The summed E-state index contributed by atoms with van der Waals surface area (Å²) in [5, 5.41) is 15.2. The lowest BCUT2D eigenvalue weighted by Crippen LogP contribution is -2.48. The Morgan fingerprint density at radius 3 is 2.34 bits per heavy atom. The quantitative estimate of drug-likeness (QED) is 0.364. The van der Waals surface area contributed by atoms with E-state index in [0.717, 1.165) is 31.9 Å². The molecule has 0 saturated carbocycles. The Kier molecular flexibility index (Phi) is 8.14. The summed E-state index contributed by atoms with van der Waals surface area (Å²) in [4.78, 5) is 43.2. The van der Waals surface area contributed by atoms with Gasteiger partial charge < -0.3 is 25.5 Å². The number of piperazine rings is 1. The summed E-state index contributed by atoms with van der Waals surface area (Å²) in [5.74, 6) is -1.77. The molecule has 2 amide bonds. The zero-order valence-electron chi connectivity index (χ0n) is 23.0. The number of rotatable bonds is 8. The van der Waals surface area contributed by atoms with E-state index in [0.29, 0.717) is 45.9 Å². The molecule has 0 radical (unpaired) electrons. The lowest BCUT2D eigenvalue weighted by atomic mass is 9.98. The van der Waals surface area contributed by atoms with Crippen LogP contribution < -0.4 is 15.5 Å². The van der Waals surface area contributed by atoms with Crippen molar-refractivity contribution in [2.24, 2.45) is 0 Å². The van der Waals surface area contributed by atoms with Crippen LogP contribution in [0.25, 0.3) is 11.3 Å². The summed E-state index contributed by atoms with van der Waals surface area (Å²) in [7, 11) is 3.83. The van der Waals surface area contributed by atoms with Crippen LogP contribution in [0.1, 0.15) is 16.7 Å². The van der Waals surface area contributed by atoms with Gasteiger partial charge in [-0.05, 0) is 60.6 Å². The van der Waals surface area contributed by atoms with Gasteiger partial charge in [0, 0.05) is 50.2 Å². The number of anilines is 3. The van der Waals surface area contributed by atoms with Gasteiger partial charge >= 0.3 is 5.97 Å². The van der Waals surface area contributed by atoms with Gasteiger partial charge in [-0.3, -0.25) is 19.3 Å². The number of fused-ring (bicyclic) bond motifs is 1. The third-order valence-electron chi connectivity index (χ3n) is 7.43. The Morgan fingerprint density at radius 2 is 1.68 bits per heavy atom. The van der Waals surface area contributed by atoms with E-state index in [-0.39, 0.29) is 18.2 Å². The van der Waals surface area contributed by atoms with Crippen molar-refractivity contribution < 1.29 is 23.9 Å². The molecule has 2 aliphatic rings. The highest BCUT2D eigenvalue weighted by Crippen LogP contribution is 2.38. The minimum atomic E-state index is -0.937. The van der Waals surface area contributed by atoms with E-state index in [1.165, 1.54) is 12.1 Å². The van der Waals surface area contributed by atoms with Gasteiger partial charge in [0.25, 0.3) is 5.91 Å². The second-order valence-corrected chi connectivity index (χ2v) is 10.4. The van der Waals surface area contributed by atoms with Crippen molar-refractivity contribution >= 4 is 46.1 Å². The summed E-state index contributed by atoms with van der Waals surface area (Å²) in [6.45, 7) is 3.95. The highest BCUT2D eigenvalue weighted by molar-refractivity contribution is 6.37. The van der Waals surface area contributed by atoms with Crippen molar-refractivity contribution in [3.63, 3.8) is 0 Å². The summed E-state index contributed by atoms with van der Waals surface area (Å²) < 4.78 is 13.9. The number of carboxylic acids is 1. The second kappa shape index (κ2) is 11.9. The van der Waals surface area contributed by atoms with Crippen molar-refractivity contribution in [3.8, 4) is 0 Å². The molecule has 0 aromatic heterocycles. The molecular weight excluding hydrogens is 525 g/mol. The first kappa shape index (κ1) is 28.0. The number of carbonyl (C=O) groups is 3. The fourth-order valence-electron chi connectivity index (χ4n) is 5.00. The number of carboxylic acid groups (broad SMARTS) is 1. The first-order chi connectivity index (χ1) is 19.7. The third kappa shape index (κ3) is 6.45. The average Bonchev–Trinajstić information content (AvgIpc) is 3.27. The van der Waals surface area contributed by atoms with Crippen LogP contribution in [0.5, 0.6) is 0 Å². The maximum absolute atomic E-state index is 13.9. The number of amides is 2. The lowest BCUT2D eigenvalue weighted by molar-refractivity contribution is -0.136. The molecule has 10 heteroatoms. The second-order valence-electron chi connectivity index (χ2n) is 10.4. The Bertz CT molecular complexity index is 1500. The topological polar surface area (TPSA) is 105 Å². The van der Waals surface area contributed by atoms with Crippen LogP contribution in [0.4, 0.5) is 21.5 Å². The Labute approximate surface area is 237 Å². The maximum Gasteiger partial charge on any atom is 0.307 e. The zero-order chi connectivity index (χ0) is 29.1. The Morgan fingerprint density at radius 1 is 1.00 bits per heavy atom. The number of hydrogen-bond donors (Lipinski definition) is 3. The standard InChI is InChI=1S/C31H32FN5O4/c1-35-13-15-37(16-14-35)19-27(38)36(2)24-10-8-23(9-11-24)33-30(21-5-3-20(4-6-21)17-28(39)40)29-25-12-7-22(32)18-26(25)34-31(29)41/h3-12,18,33H,13-17,19H2,1-2H3,(H,34,41)(H,39,40). The molecular formula is C31H32FN5O4. The molecule has 0 unspecified atom stereocenters. The Hall–Kier alpha value is -4.54. The number of halogens is 1. The van der Waals surface area contributed by atoms with E-state index in [2.05, 4.69) is 27.5 Å². The van der Waals surface area contributed by atoms with Gasteiger partial charge in [-0.1, -0.05) is 24.3 Å². The van der Waals surface area contributed by atoms with Crippen LogP contribution in [0.3, 0.4) is 0 Å². The van der Waals surface area contributed by atoms with E-state index in [4.69, 9.17) is 5.11 Å². The predicted octanol–water partition coefficient (Wildman–Crippen LogP) is 3.60. The van der Waals surface area contributed by atoms with E-state index < -0.39 is 11.8 Å². The van der Waals surface area contributed by atoms with Gasteiger partial charge in [0.2, 0.25) is 5.91 Å².